The van der Waals surface area contributed by atoms with Crippen LogP contribution in [0.15, 0.2) is 24.5 Å². The molecule has 2 unspecified atom stereocenters. The van der Waals surface area contributed by atoms with Crippen LogP contribution in [0.3, 0.4) is 0 Å². The maximum absolute atomic E-state index is 12.9. The minimum Gasteiger partial charge on any atom is -0.367 e. The lowest BCUT2D eigenvalue weighted by Gasteiger charge is -2.40. The molecule has 0 amide bonds. The van der Waals surface area contributed by atoms with Crippen molar-refractivity contribution in [3.63, 3.8) is 0 Å². The molecule has 186 valence electrons. The van der Waals surface area contributed by atoms with Gasteiger partial charge in [-0.25, -0.2) is 0 Å². The maximum Gasteiger partial charge on any atom is 0.374 e. The third kappa shape index (κ3) is 6.41. The van der Waals surface area contributed by atoms with Crippen molar-refractivity contribution in [3.05, 3.63) is 30.1 Å². The van der Waals surface area contributed by atoms with Crippen molar-refractivity contribution in [1.82, 2.24) is 4.98 Å². The molecule has 0 fully saturated rings. The van der Waals surface area contributed by atoms with E-state index in [1.54, 1.807) is 0 Å². The van der Waals surface area contributed by atoms with Crippen molar-refractivity contribution in [2.45, 2.75) is 42.3 Å². The van der Waals surface area contributed by atoms with Crippen molar-refractivity contribution in [2.75, 3.05) is 6.54 Å². The lowest BCUT2D eigenvalue weighted by Crippen LogP contribution is -2.39. The molecule has 1 heterocycles. The van der Waals surface area contributed by atoms with Crippen molar-refractivity contribution in [2.24, 2.45) is 5.73 Å². The summed E-state index contributed by atoms with van der Waals surface area (Å²) in [7, 11) is -24.6. The summed E-state index contributed by atoms with van der Waals surface area (Å²) in [6, 6.07) is 2.41. The second-order valence-electron chi connectivity index (χ2n) is 6.90. The molecule has 0 spiro atoms. The van der Waals surface area contributed by atoms with E-state index in [0.29, 0.717) is 0 Å². The smallest absolute Gasteiger partial charge is 0.367 e. The van der Waals surface area contributed by atoms with Crippen LogP contribution in [0.4, 0.5) is 0 Å². The van der Waals surface area contributed by atoms with Crippen LogP contribution in [-0.2, 0) is 29.2 Å². The number of unbranched alkanes of at least 4 members (excludes halogenated alkanes) is 2. The average Bonchev–Trinajstić information content (AvgIpc) is 2.62. The third-order valence-electron chi connectivity index (χ3n) is 4.47. The van der Waals surface area contributed by atoms with E-state index in [2.05, 4.69) is 9.51 Å². The Morgan fingerprint density at radius 3 is 1.88 bits per heavy atom. The molecular formula is C13H26N2O13P4. The van der Waals surface area contributed by atoms with Gasteiger partial charge in [0.1, 0.15) is 0 Å². The van der Waals surface area contributed by atoms with Gasteiger partial charge in [-0.15, -0.1) is 0 Å². The Bertz CT molecular complexity index is 936. The van der Waals surface area contributed by atoms with Crippen LogP contribution in [0, 0.1) is 0 Å². The Hall–Kier alpha value is -0.330. The Labute approximate surface area is 182 Å². The zero-order valence-corrected chi connectivity index (χ0v) is 20.1. The van der Waals surface area contributed by atoms with Gasteiger partial charge in [-0.1, -0.05) is 12.5 Å². The Kier molecular flexibility index (Phi) is 9.76. The Morgan fingerprint density at radius 1 is 0.906 bits per heavy atom. The third-order valence-corrected chi connectivity index (χ3v) is 13.0. The molecule has 0 saturated heterocycles. The molecular weight excluding hydrogens is 516 g/mol. The molecule has 0 aliphatic carbocycles. The summed E-state index contributed by atoms with van der Waals surface area (Å²) in [5.74, 6) is 0. The average molecular weight is 542 g/mol. The minimum atomic E-state index is -6.32. The number of pyridine rings is 1. The zero-order valence-electron chi connectivity index (χ0n) is 16.5. The SMILES string of the molecule is NCCCCCC(OP(=O)(O)C(O)(Cc1cccnc1)P(=O)(O)O)(P(=O)(O)O)P(=O)(O)O. The Morgan fingerprint density at radius 2 is 1.47 bits per heavy atom. The molecule has 0 aliphatic heterocycles. The molecule has 15 nitrogen and oxygen atoms in total. The van der Waals surface area contributed by atoms with E-state index in [0.717, 1.165) is 12.3 Å². The lowest BCUT2D eigenvalue weighted by atomic mass is 10.2. The molecule has 32 heavy (non-hydrogen) atoms. The first-order chi connectivity index (χ1) is 14.3. The highest BCUT2D eigenvalue weighted by molar-refractivity contribution is 7.75. The van der Waals surface area contributed by atoms with E-state index >= 15 is 0 Å². The molecule has 0 aliphatic rings. The largest absolute Gasteiger partial charge is 0.374 e. The van der Waals surface area contributed by atoms with Gasteiger partial charge in [0.25, 0.3) is 10.2 Å². The van der Waals surface area contributed by atoms with E-state index in [1.165, 1.54) is 12.3 Å². The van der Waals surface area contributed by atoms with Gasteiger partial charge in [-0.05, 0) is 31.0 Å². The highest BCUT2D eigenvalue weighted by Crippen LogP contribution is 2.80. The molecule has 1 aromatic heterocycles. The fraction of sp³-hybridized carbons (Fsp3) is 0.615. The number of hydrogen-bond donors (Lipinski definition) is 9. The molecule has 0 saturated carbocycles. The summed E-state index contributed by atoms with van der Waals surface area (Å²) in [6.45, 7) is 0.126. The minimum absolute atomic E-state index is 0.0792. The molecule has 0 bridgehead atoms. The highest BCUT2D eigenvalue weighted by Gasteiger charge is 2.70. The van der Waals surface area contributed by atoms with E-state index in [4.69, 9.17) is 5.73 Å². The molecule has 0 radical (unpaired) electrons. The van der Waals surface area contributed by atoms with Gasteiger partial charge in [-0.3, -0.25) is 27.8 Å². The number of aromatic nitrogens is 1. The normalized spacial score (nSPS) is 17.5. The Balaban J connectivity index is 3.61. The van der Waals surface area contributed by atoms with Crippen LogP contribution in [0.5, 0.6) is 0 Å². The van der Waals surface area contributed by atoms with Crippen molar-refractivity contribution >= 4 is 30.4 Å². The van der Waals surface area contributed by atoms with E-state index in [-0.39, 0.29) is 31.4 Å². The number of nitrogens with two attached hydrogens (primary N) is 1. The molecule has 2 atom stereocenters. The number of nitrogens with zero attached hydrogens (tertiary/aromatic N) is 1. The summed E-state index contributed by atoms with van der Waals surface area (Å²) in [6.07, 6.45) is -0.293. The van der Waals surface area contributed by atoms with Gasteiger partial charge in [0.05, 0.1) is 0 Å². The number of aliphatic hydroxyl groups is 1. The monoisotopic (exact) mass is 542 g/mol. The van der Waals surface area contributed by atoms with E-state index < -0.39 is 53.4 Å². The second-order valence-corrected chi connectivity index (χ2v) is 15.0. The number of hydrogen-bond acceptors (Lipinski definition) is 8. The fourth-order valence-corrected chi connectivity index (χ4v) is 9.32. The van der Waals surface area contributed by atoms with Gasteiger partial charge in [0.2, 0.25) is 0 Å². The summed E-state index contributed by atoms with van der Waals surface area (Å²) < 4.78 is 53.6. The van der Waals surface area contributed by atoms with Gasteiger partial charge in [-0.2, -0.15) is 0 Å². The molecule has 1 aromatic rings. The topological polar surface area (TPSA) is 278 Å². The van der Waals surface area contributed by atoms with E-state index in [1.807, 2.05) is 0 Å². The first kappa shape index (κ1) is 29.7. The van der Waals surface area contributed by atoms with Crippen molar-refractivity contribution in [3.8, 4) is 0 Å². The summed E-state index contributed by atoms with van der Waals surface area (Å²) in [5.41, 5.74) is 5.09. The van der Waals surface area contributed by atoms with Crippen molar-refractivity contribution < 1.29 is 62.1 Å². The summed E-state index contributed by atoms with van der Waals surface area (Å²) >= 11 is 0. The molecule has 0 aromatic carbocycles. The molecule has 1 rings (SSSR count). The fourth-order valence-electron chi connectivity index (χ4n) is 2.70. The summed E-state index contributed by atoms with van der Waals surface area (Å²) in [4.78, 5) is 72.0. The van der Waals surface area contributed by atoms with Gasteiger partial charge >= 0.3 is 30.4 Å². The van der Waals surface area contributed by atoms with Crippen LogP contribution >= 0.6 is 30.4 Å². The van der Waals surface area contributed by atoms with E-state index in [9.17, 15) is 57.6 Å². The zero-order chi connectivity index (χ0) is 25.1. The van der Waals surface area contributed by atoms with Crippen LogP contribution in [0.25, 0.3) is 0 Å². The van der Waals surface area contributed by atoms with Crippen LogP contribution in [-0.4, -0.2) is 61.1 Å². The number of rotatable bonds is 13. The predicted octanol–water partition coefficient (Wildman–Crippen LogP) is 0.178. The molecule has 19 heteroatoms. The quantitative estimate of drug-likeness (QED) is 0.119. The van der Waals surface area contributed by atoms with Crippen LogP contribution in [0.1, 0.15) is 31.2 Å². The second kappa shape index (κ2) is 10.5. The van der Waals surface area contributed by atoms with Gasteiger partial charge < -0.3 is 45.1 Å². The standard InChI is InChI=1S/C13H26N2O13P4/c14-7-3-1-2-6-13(30(20,21)22,31(23,24)25)28-32(26,27)12(16,29(17,18)19)9-11-5-4-8-15-10-11/h4-5,8,10,16H,1-3,6-7,9,14H2,(H,26,27)(H2,17,18,19)(H2,20,21,22)(H2,23,24,25). The van der Waals surface area contributed by atoms with Gasteiger partial charge in [0, 0.05) is 25.2 Å². The first-order valence-corrected chi connectivity index (χ1v) is 15.3. The van der Waals surface area contributed by atoms with Crippen LogP contribution in [0.2, 0.25) is 0 Å². The molecule has 10 N–H and O–H groups in total. The lowest BCUT2D eigenvalue weighted by molar-refractivity contribution is 0.0774. The highest BCUT2D eigenvalue weighted by atomic mass is 31.3. The maximum atomic E-state index is 12.9. The first-order valence-electron chi connectivity index (χ1n) is 8.86. The van der Waals surface area contributed by atoms with Crippen molar-refractivity contribution in [1.29, 1.82) is 0 Å². The predicted molar refractivity (Wildman–Crippen MR) is 110 cm³/mol. The van der Waals surface area contributed by atoms with Crippen LogP contribution < -0.4 is 5.73 Å². The summed E-state index contributed by atoms with van der Waals surface area (Å²) in [5, 5.41) is 2.60. The van der Waals surface area contributed by atoms with Gasteiger partial charge in [0.15, 0.2) is 0 Å².